The van der Waals surface area contributed by atoms with Crippen molar-refractivity contribution in [3.63, 3.8) is 0 Å². The standard InChI is InChI=1S/C13H27NO6/c1-16-7-9-19-6-4-14-13(15)3-5-18-11-12-20-10-8-17-2/h3-12H2,1-2H3,(H,14,15). The summed E-state index contributed by atoms with van der Waals surface area (Å²) >= 11 is 0. The lowest BCUT2D eigenvalue weighted by Gasteiger charge is -2.07. The number of amides is 1. The lowest BCUT2D eigenvalue weighted by Crippen LogP contribution is -2.28. The summed E-state index contributed by atoms with van der Waals surface area (Å²) in [6.07, 6.45) is 0.343. The number of carbonyl (C=O) groups excluding carboxylic acids is 1. The Morgan fingerprint density at radius 2 is 1.25 bits per heavy atom. The topological polar surface area (TPSA) is 75.3 Å². The summed E-state index contributed by atoms with van der Waals surface area (Å²) in [5.74, 6) is -0.0411. The predicted octanol–water partition coefficient (Wildman–Crippen LogP) is -0.165. The summed E-state index contributed by atoms with van der Waals surface area (Å²) in [6, 6.07) is 0. The summed E-state index contributed by atoms with van der Waals surface area (Å²) in [7, 11) is 3.24. The van der Waals surface area contributed by atoms with Crippen molar-refractivity contribution >= 4 is 5.91 Å². The number of ether oxygens (including phenoxy) is 5. The second-order valence-electron chi connectivity index (χ2n) is 3.92. The van der Waals surface area contributed by atoms with E-state index in [9.17, 15) is 4.79 Å². The maximum absolute atomic E-state index is 11.4. The number of methoxy groups -OCH3 is 2. The van der Waals surface area contributed by atoms with Crippen LogP contribution in [0.3, 0.4) is 0 Å². The Hall–Kier alpha value is -0.730. The Morgan fingerprint density at radius 1 is 0.750 bits per heavy atom. The van der Waals surface area contributed by atoms with Crippen LogP contribution in [0.2, 0.25) is 0 Å². The van der Waals surface area contributed by atoms with Gasteiger partial charge in [0, 0.05) is 27.2 Å². The third-order valence-corrected chi connectivity index (χ3v) is 2.28. The maximum atomic E-state index is 11.4. The molecule has 0 saturated heterocycles. The van der Waals surface area contributed by atoms with Crippen molar-refractivity contribution in [2.45, 2.75) is 6.42 Å². The van der Waals surface area contributed by atoms with Crippen LogP contribution in [0.25, 0.3) is 0 Å². The molecule has 0 aliphatic rings. The third-order valence-electron chi connectivity index (χ3n) is 2.28. The van der Waals surface area contributed by atoms with Gasteiger partial charge in [-0.1, -0.05) is 0 Å². The molecular formula is C13H27NO6. The van der Waals surface area contributed by atoms with Crippen molar-refractivity contribution in [2.24, 2.45) is 0 Å². The first kappa shape index (κ1) is 19.3. The number of carbonyl (C=O) groups is 1. The van der Waals surface area contributed by atoms with Gasteiger partial charge < -0.3 is 29.0 Å². The molecule has 0 aromatic rings. The highest BCUT2D eigenvalue weighted by atomic mass is 16.5. The van der Waals surface area contributed by atoms with Gasteiger partial charge >= 0.3 is 0 Å². The van der Waals surface area contributed by atoms with Crippen LogP contribution in [0.1, 0.15) is 6.42 Å². The van der Waals surface area contributed by atoms with Gasteiger partial charge in [0.05, 0.1) is 52.9 Å². The normalized spacial score (nSPS) is 10.7. The van der Waals surface area contributed by atoms with Crippen molar-refractivity contribution in [2.75, 3.05) is 73.6 Å². The fraction of sp³-hybridized carbons (Fsp3) is 0.923. The summed E-state index contributed by atoms with van der Waals surface area (Å²) in [5.41, 5.74) is 0. The minimum absolute atomic E-state index is 0.0411. The maximum Gasteiger partial charge on any atom is 0.222 e. The molecule has 0 aromatic heterocycles. The van der Waals surface area contributed by atoms with E-state index in [1.54, 1.807) is 14.2 Å². The van der Waals surface area contributed by atoms with E-state index in [4.69, 9.17) is 23.7 Å². The molecule has 0 atom stereocenters. The summed E-state index contributed by atoms with van der Waals surface area (Å²) in [6.45, 7) is 4.62. The van der Waals surface area contributed by atoms with Gasteiger partial charge in [0.15, 0.2) is 0 Å². The molecule has 7 heteroatoms. The predicted molar refractivity (Wildman–Crippen MR) is 73.8 cm³/mol. The van der Waals surface area contributed by atoms with Gasteiger partial charge in [-0.3, -0.25) is 4.79 Å². The average molecular weight is 293 g/mol. The van der Waals surface area contributed by atoms with E-state index in [2.05, 4.69) is 5.32 Å². The van der Waals surface area contributed by atoms with Gasteiger partial charge in [0.2, 0.25) is 5.91 Å². The lowest BCUT2D eigenvalue weighted by molar-refractivity contribution is -0.122. The Kier molecular flexibility index (Phi) is 15.7. The zero-order chi connectivity index (χ0) is 14.9. The van der Waals surface area contributed by atoms with E-state index in [0.717, 1.165) is 0 Å². The molecule has 0 spiro atoms. The fourth-order valence-corrected chi connectivity index (χ4v) is 1.22. The molecule has 0 rings (SSSR count). The number of hydrogen-bond acceptors (Lipinski definition) is 6. The number of nitrogens with one attached hydrogen (secondary N) is 1. The Morgan fingerprint density at radius 3 is 1.85 bits per heavy atom. The molecule has 7 nitrogen and oxygen atoms in total. The molecule has 1 N–H and O–H groups in total. The van der Waals surface area contributed by atoms with Gasteiger partial charge in [-0.25, -0.2) is 0 Å². The van der Waals surface area contributed by atoms with Crippen molar-refractivity contribution in [3.8, 4) is 0 Å². The van der Waals surface area contributed by atoms with Crippen LogP contribution < -0.4 is 5.32 Å². The minimum Gasteiger partial charge on any atom is -0.382 e. The first-order valence-corrected chi connectivity index (χ1v) is 6.79. The highest BCUT2D eigenvalue weighted by Crippen LogP contribution is 1.85. The van der Waals surface area contributed by atoms with E-state index >= 15 is 0 Å². The Bertz CT molecular complexity index is 215. The summed E-state index contributed by atoms with van der Waals surface area (Å²) < 4.78 is 25.4. The highest BCUT2D eigenvalue weighted by Gasteiger charge is 2.00. The van der Waals surface area contributed by atoms with Gasteiger partial charge in [0.25, 0.3) is 0 Å². The van der Waals surface area contributed by atoms with Crippen molar-refractivity contribution in [1.82, 2.24) is 5.32 Å². The largest absolute Gasteiger partial charge is 0.382 e. The first-order chi connectivity index (χ1) is 9.81. The molecule has 0 aliphatic carbocycles. The number of hydrogen-bond donors (Lipinski definition) is 1. The molecule has 0 bridgehead atoms. The van der Waals surface area contributed by atoms with Crippen LogP contribution in [0, 0.1) is 0 Å². The molecule has 0 saturated carbocycles. The number of rotatable bonds is 15. The smallest absolute Gasteiger partial charge is 0.222 e. The molecule has 0 aliphatic heterocycles. The van der Waals surface area contributed by atoms with E-state index in [-0.39, 0.29) is 5.91 Å². The zero-order valence-corrected chi connectivity index (χ0v) is 12.5. The molecule has 1 amide bonds. The molecule has 0 radical (unpaired) electrons. The quantitative estimate of drug-likeness (QED) is 0.423. The van der Waals surface area contributed by atoms with Gasteiger partial charge in [-0.2, -0.15) is 0 Å². The van der Waals surface area contributed by atoms with Crippen molar-refractivity contribution < 1.29 is 28.5 Å². The summed E-state index contributed by atoms with van der Waals surface area (Å²) in [5, 5.41) is 2.75. The van der Waals surface area contributed by atoms with Gasteiger partial charge in [-0.15, -0.1) is 0 Å². The summed E-state index contributed by atoms with van der Waals surface area (Å²) in [4.78, 5) is 11.4. The molecule has 0 heterocycles. The molecule has 120 valence electrons. The molecular weight excluding hydrogens is 266 g/mol. The minimum atomic E-state index is -0.0411. The molecule has 20 heavy (non-hydrogen) atoms. The fourth-order valence-electron chi connectivity index (χ4n) is 1.22. The van der Waals surface area contributed by atoms with Crippen molar-refractivity contribution in [1.29, 1.82) is 0 Å². The molecule has 0 unspecified atom stereocenters. The zero-order valence-electron chi connectivity index (χ0n) is 12.5. The second kappa shape index (κ2) is 16.3. The van der Waals surface area contributed by atoms with Crippen LogP contribution in [-0.2, 0) is 28.5 Å². The average Bonchev–Trinajstić information content (AvgIpc) is 2.45. The monoisotopic (exact) mass is 293 g/mol. The van der Waals surface area contributed by atoms with Crippen LogP contribution >= 0.6 is 0 Å². The SMILES string of the molecule is COCCOCCNC(=O)CCOCCOCCOC. The second-order valence-corrected chi connectivity index (χ2v) is 3.92. The van der Waals surface area contributed by atoms with Gasteiger partial charge in [0.1, 0.15) is 0 Å². The highest BCUT2D eigenvalue weighted by molar-refractivity contribution is 5.75. The van der Waals surface area contributed by atoms with Crippen LogP contribution in [0.5, 0.6) is 0 Å². The van der Waals surface area contributed by atoms with E-state index in [1.807, 2.05) is 0 Å². The van der Waals surface area contributed by atoms with Gasteiger partial charge in [-0.05, 0) is 0 Å². The molecule has 0 fully saturated rings. The third kappa shape index (κ3) is 15.3. The van der Waals surface area contributed by atoms with E-state index in [1.165, 1.54) is 0 Å². The van der Waals surface area contributed by atoms with Crippen molar-refractivity contribution in [3.05, 3.63) is 0 Å². The Labute approximate surface area is 120 Å². The lowest BCUT2D eigenvalue weighted by atomic mass is 10.4. The first-order valence-electron chi connectivity index (χ1n) is 6.79. The van der Waals surface area contributed by atoms with E-state index in [0.29, 0.717) is 65.8 Å². The molecule has 0 aromatic carbocycles. The Balaban J connectivity index is 3.12. The van der Waals surface area contributed by atoms with Crippen LogP contribution in [-0.4, -0.2) is 79.5 Å². The van der Waals surface area contributed by atoms with Crippen LogP contribution in [0.4, 0.5) is 0 Å². The van der Waals surface area contributed by atoms with Crippen LogP contribution in [0.15, 0.2) is 0 Å². The van der Waals surface area contributed by atoms with E-state index < -0.39 is 0 Å².